The van der Waals surface area contributed by atoms with Gasteiger partial charge in [0, 0.05) is 17.5 Å². The van der Waals surface area contributed by atoms with Crippen LogP contribution in [0.1, 0.15) is 51.9 Å². The Labute approximate surface area is 104 Å². The molecule has 0 aromatic carbocycles. The fraction of sp³-hybridized carbons (Fsp3) is 0.929. The molecule has 4 bridgehead atoms. The number of amides is 1. The van der Waals surface area contributed by atoms with Gasteiger partial charge in [0.1, 0.15) is 0 Å². The Morgan fingerprint density at radius 1 is 1.18 bits per heavy atom. The lowest BCUT2D eigenvalue weighted by Crippen LogP contribution is -2.68. The maximum Gasteiger partial charge on any atom is 0.220 e. The number of hydrogen-bond acceptors (Lipinski definition) is 2. The number of rotatable bonds is 3. The predicted octanol–water partition coefficient (Wildman–Crippen LogP) is 1.82. The smallest absolute Gasteiger partial charge is 0.220 e. The maximum atomic E-state index is 11.8. The molecule has 4 aliphatic carbocycles. The van der Waals surface area contributed by atoms with E-state index in [1.54, 1.807) is 0 Å². The molecule has 0 aromatic rings. The van der Waals surface area contributed by atoms with E-state index in [0.29, 0.717) is 12.0 Å². The molecular formula is C14H24N2O. The monoisotopic (exact) mass is 236 g/mol. The Kier molecular flexibility index (Phi) is 2.51. The Morgan fingerprint density at radius 3 is 2.29 bits per heavy atom. The van der Waals surface area contributed by atoms with Crippen LogP contribution in [0.15, 0.2) is 0 Å². The molecule has 0 aromatic heterocycles. The minimum atomic E-state index is 0.125. The average Bonchev–Trinajstić information content (AvgIpc) is 2.26. The summed E-state index contributed by atoms with van der Waals surface area (Å²) < 4.78 is 0. The fourth-order valence-electron chi connectivity index (χ4n) is 5.09. The van der Waals surface area contributed by atoms with Gasteiger partial charge in [-0.25, -0.2) is 0 Å². The summed E-state index contributed by atoms with van der Waals surface area (Å²) >= 11 is 0. The van der Waals surface area contributed by atoms with Crippen LogP contribution in [-0.4, -0.2) is 24.0 Å². The number of carbonyl (C=O) groups is 1. The van der Waals surface area contributed by atoms with Crippen LogP contribution in [0, 0.1) is 11.8 Å². The summed E-state index contributed by atoms with van der Waals surface area (Å²) in [5.74, 6) is 1.90. The zero-order valence-electron chi connectivity index (χ0n) is 11.0. The molecule has 4 aliphatic rings. The van der Waals surface area contributed by atoms with E-state index in [4.69, 9.17) is 0 Å². The summed E-state index contributed by atoms with van der Waals surface area (Å²) in [5, 5.41) is 6.93. The molecule has 96 valence electrons. The van der Waals surface area contributed by atoms with E-state index in [2.05, 4.69) is 17.7 Å². The van der Waals surface area contributed by atoms with Crippen LogP contribution in [-0.2, 0) is 4.79 Å². The molecule has 2 atom stereocenters. The first-order valence-electron chi connectivity index (χ1n) is 7.09. The summed E-state index contributed by atoms with van der Waals surface area (Å²) in [6.45, 7) is 1.95. The van der Waals surface area contributed by atoms with Crippen molar-refractivity contribution in [2.45, 2.75) is 62.9 Å². The topological polar surface area (TPSA) is 41.1 Å². The van der Waals surface area contributed by atoms with Crippen molar-refractivity contribution in [1.82, 2.24) is 10.6 Å². The van der Waals surface area contributed by atoms with E-state index < -0.39 is 0 Å². The van der Waals surface area contributed by atoms with E-state index in [1.807, 2.05) is 6.92 Å². The third-order valence-corrected chi connectivity index (χ3v) is 5.32. The molecule has 0 spiro atoms. The van der Waals surface area contributed by atoms with Gasteiger partial charge in [-0.15, -0.1) is 0 Å². The highest BCUT2D eigenvalue weighted by Crippen LogP contribution is 2.57. The third kappa shape index (κ3) is 1.79. The first-order chi connectivity index (χ1) is 8.09. The SMILES string of the molecule is CCC(=O)NC12CC3CC(CC(NC)(C3)C1)C2. The largest absolute Gasteiger partial charge is 0.351 e. The van der Waals surface area contributed by atoms with Crippen LogP contribution >= 0.6 is 0 Å². The molecule has 0 radical (unpaired) electrons. The van der Waals surface area contributed by atoms with Crippen LogP contribution in [0.2, 0.25) is 0 Å². The zero-order valence-corrected chi connectivity index (χ0v) is 11.0. The van der Waals surface area contributed by atoms with Crippen LogP contribution in [0.5, 0.6) is 0 Å². The molecule has 0 aliphatic heterocycles. The lowest BCUT2D eigenvalue weighted by atomic mass is 9.50. The highest BCUT2D eigenvalue weighted by molar-refractivity contribution is 5.76. The Morgan fingerprint density at radius 2 is 1.76 bits per heavy atom. The molecule has 4 saturated carbocycles. The molecule has 0 saturated heterocycles. The molecule has 2 unspecified atom stereocenters. The van der Waals surface area contributed by atoms with Crippen LogP contribution < -0.4 is 10.6 Å². The molecule has 4 rings (SSSR count). The number of hydrogen-bond donors (Lipinski definition) is 2. The van der Waals surface area contributed by atoms with Gasteiger partial charge in [-0.05, 0) is 57.4 Å². The fourth-order valence-corrected chi connectivity index (χ4v) is 5.09. The van der Waals surface area contributed by atoms with Crippen LogP contribution in [0.3, 0.4) is 0 Å². The highest BCUT2D eigenvalue weighted by Gasteiger charge is 2.57. The van der Waals surface area contributed by atoms with Gasteiger partial charge < -0.3 is 10.6 Å². The van der Waals surface area contributed by atoms with Crippen molar-refractivity contribution in [3.05, 3.63) is 0 Å². The first kappa shape index (κ1) is 11.5. The van der Waals surface area contributed by atoms with Crippen molar-refractivity contribution < 1.29 is 4.79 Å². The number of carbonyl (C=O) groups excluding carboxylic acids is 1. The standard InChI is InChI=1S/C14H24N2O/c1-3-12(17)16-14-7-10-4-11(8-14)6-13(5-10,9-14)15-2/h10-11,15H,3-9H2,1-2H3,(H,16,17). The summed E-state index contributed by atoms with van der Waals surface area (Å²) in [5.41, 5.74) is 0.450. The second-order valence-electron chi connectivity index (χ2n) is 6.67. The van der Waals surface area contributed by atoms with Crippen molar-refractivity contribution in [2.24, 2.45) is 11.8 Å². The van der Waals surface area contributed by atoms with E-state index in [-0.39, 0.29) is 11.4 Å². The Hall–Kier alpha value is -0.570. The second kappa shape index (κ2) is 3.71. The zero-order chi connectivity index (χ0) is 12.1. The van der Waals surface area contributed by atoms with Crippen LogP contribution in [0.25, 0.3) is 0 Å². The summed E-state index contributed by atoms with van der Waals surface area (Å²) in [7, 11) is 2.10. The Bertz CT molecular complexity index is 325. The molecule has 1 amide bonds. The van der Waals surface area contributed by atoms with Gasteiger partial charge in [-0.2, -0.15) is 0 Å². The van der Waals surface area contributed by atoms with E-state index >= 15 is 0 Å². The quantitative estimate of drug-likeness (QED) is 0.785. The van der Waals surface area contributed by atoms with Crippen LogP contribution in [0.4, 0.5) is 0 Å². The molecule has 0 heterocycles. The van der Waals surface area contributed by atoms with Gasteiger partial charge in [-0.3, -0.25) is 4.79 Å². The van der Waals surface area contributed by atoms with Gasteiger partial charge in [0.15, 0.2) is 0 Å². The van der Waals surface area contributed by atoms with Crippen molar-refractivity contribution in [2.75, 3.05) is 7.05 Å². The summed E-state index contributed by atoms with van der Waals surface area (Å²) in [6, 6.07) is 0. The number of nitrogens with one attached hydrogen (secondary N) is 2. The third-order valence-electron chi connectivity index (χ3n) is 5.32. The van der Waals surface area contributed by atoms with E-state index in [0.717, 1.165) is 18.3 Å². The summed E-state index contributed by atoms with van der Waals surface area (Å²) in [6.07, 6.45) is 8.25. The summed E-state index contributed by atoms with van der Waals surface area (Å²) in [4.78, 5) is 11.8. The van der Waals surface area contributed by atoms with Crippen molar-refractivity contribution in [3.63, 3.8) is 0 Å². The lowest BCUT2D eigenvalue weighted by molar-refractivity contribution is -0.127. The van der Waals surface area contributed by atoms with E-state index in [9.17, 15) is 4.79 Å². The molecular weight excluding hydrogens is 212 g/mol. The minimum Gasteiger partial charge on any atom is -0.351 e. The van der Waals surface area contributed by atoms with Gasteiger partial charge >= 0.3 is 0 Å². The van der Waals surface area contributed by atoms with Crippen molar-refractivity contribution in [1.29, 1.82) is 0 Å². The molecule has 2 N–H and O–H groups in total. The normalized spacial score (nSPS) is 47.2. The van der Waals surface area contributed by atoms with Gasteiger partial charge in [0.05, 0.1) is 0 Å². The average molecular weight is 236 g/mol. The Balaban J connectivity index is 1.84. The lowest BCUT2D eigenvalue weighted by Gasteiger charge is -2.62. The molecule has 3 nitrogen and oxygen atoms in total. The minimum absolute atomic E-state index is 0.125. The molecule has 3 heteroatoms. The first-order valence-corrected chi connectivity index (χ1v) is 7.09. The maximum absolute atomic E-state index is 11.8. The van der Waals surface area contributed by atoms with Crippen molar-refractivity contribution >= 4 is 5.91 Å². The predicted molar refractivity (Wildman–Crippen MR) is 67.6 cm³/mol. The molecule has 17 heavy (non-hydrogen) atoms. The van der Waals surface area contributed by atoms with Gasteiger partial charge in [0.25, 0.3) is 0 Å². The van der Waals surface area contributed by atoms with Gasteiger partial charge in [-0.1, -0.05) is 6.92 Å². The van der Waals surface area contributed by atoms with Crippen molar-refractivity contribution in [3.8, 4) is 0 Å². The highest BCUT2D eigenvalue weighted by atomic mass is 16.1. The second-order valence-corrected chi connectivity index (χ2v) is 6.67. The molecule has 4 fully saturated rings. The van der Waals surface area contributed by atoms with Gasteiger partial charge in [0.2, 0.25) is 5.91 Å². The van der Waals surface area contributed by atoms with E-state index in [1.165, 1.54) is 32.1 Å².